The Morgan fingerprint density at radius 1 is 1.39 bits per heavy atom. The van der Waals surface area contributed by atoms with Crippen LogP contribution in [0, 0.1) is 6.92 Å². The highest BCUT2D eigenvalue weighted by atomic mass is 32.2. The lowest BCUT2D eigenvalue weighted by Crippen LogP contribution is -2.01. The molecule has 0 aliphatic heterocycles. The zero-order chi connectivity index (χ0) is 12.8. The third-order valence-corrected chi connectivity index (χ3v) is 3.80. The van der Waals surface area contributed by atoms with Gasteiger partial charge in [0.15, 0.2) is 0 Å². The van der Waals surface area contributed by atoms with E-state index in [1.807, 2.05) is 19.2 Å². The molecule has 2 rings (SSSR count). The van der Waals surface area contributed by atoms with Gasteiger partial charge in [0.25, 0.3) is 0 Å². The highest BCUT2D eigenvalue weighted by Crippen LogP contribution is 2.26. The molecule has 0 fully saturated rings. The summed E-state index contributed by atoms with van der Waals surface area (Å²) >= 11 is 1.79. The molecule has 0 aliphatic rings. The summed E-state index contributed by atoms with van der Waals surface area (Å²) in [5.41, 5.74) is 1.27. The van der Waals surface area contributed by atoms with Crippen molar-refractivity contribution in [3.8, 4) is 0 Å². The van der Waals surface area contributed by atoms with Crippen LogP contribution in [0.3, 0.4) is 0 Å². The van der Waals surface area contributed by atoms with E-state index in [2.05, 4.69) is 29.4 Å². The summed E-state index contributed by atoms with van der Waals surface area (Å²) in [6.45, 7) is 5.10. The van der Waals surface area contributed by atoms with E-state index < -0.39 is 0 Å². The van der Waals surface area contributed by atoms with Gasteiger partial charge in [0, 0.05) is 23.4 Å². The molecule has 1 N–H and O–H groups in total. The molecule has 0 atom stereocenters. The minimum atomic E-state index is 0.934. The molecule has 0 radical (unpaired) electrons. The molecule has 0 unspecified atom stereocenters. The summed E-state index contributed by atoms with van der Waals surface area (Å²) in [6.07, 6.45) is 4.70. The molecule has 96 valence electrons. The van der Waals surface area contributed by atoms with E-state index in [4.69, 9.17) is 4.42 Å². The third kappa shape index (κ3) is 3.53. The van der Waals surface area contributed by atoms with E-state index in [1.54, 1.807) is 18.0 Å². The number of aryl methyl sites for hydroxylation is 1. The van der Waals surface area contributed by atoms with Gasteiger partial charge in [0.2, 0.25) is 0 Å². The summed E-state index contributed by atoms with van der Waals surface area (Å²) in [6, 6.07) is 6.18. The van der Waals surface area contributed by atoms with E-state index in [0.717, 1.165) is 30.3 Å². The molecule has 0 amide bonds. The second kappa shape index (κ2) is 6.50. The van der Waals surface area contributed by atoms with Gasteiger partial charge in [0.1, 0.15) is 11.6 Å². The monoisotopic (exact) mass is 262 g/mol. The first-order valence-electron chi connectivity index (χ1n) is 6.15. The average molecular weight is 262 g/mol. The molecule has 2 heterocycles. The fourth-order valence-electron chi connectivity index (χ4n) is 1.60. The van der Waals surface area contributed by atoms with E-state index >= 15 is 0 Å². The molecule has 0 spiro atoms. The highest BCUT2D eigenvalue weighted by Gasteiger charge is 2.03. The van der Waals surface area contributed by atoms with Gasteiger partial charge in [-0.25, -0.2) is 4.98 Å². The lowest BCUT2D eigenvalue weighted by Gasteiger charge is -2.06. The standard InChI is InChI=1S/C14H18N2OS/c1-3-6-15-14-9-12(4-7-16-14)10-18-13-5-8-17-11(13)2/h4-5,7-9H,3,6,10H2,1-2H3,(H,15,16). The predicted octanol–water partition coefficient (Wildman–Crippen LogP) is 4.10. The Morgan fingerprint density at radius 3 is 3.00 bits per heavy atom. The summed E-state index contributed by atoms with van der Waals surface area (Å²) in [5.74, 6) is 2.88. The quantitative estimate of drug-likeness (QED) is 0.795. The Hall–Kier alpha value is -1.42. The molecule has 2 aromatic heterocycles. The van der Waals surface area contributed by atoms with Crippen LogP contribution in [0.15, 0.2) is 40.0 Å². The normalized spacial score (nSPS) is 10.6. The molecule has 4 heteroatoms. The van der Waals surface area contributed by atoms with Crippen molar-refractivity contribution in [2.24, 2.45) is 0 Å². The molecule has 18 heavy (non-hydrogen) atoms. The molecule has 0 aliphatic carbocycles. The first kappa shape index (κ1) is 13.0. The van der Waals surface area contributed by atoms with Gasteiger partial charge < -0.3 is 9.73 Å². The molecule has 3 nitrogen and oxygen atoms in total. The van der Waals surface area contributed by atoms with Crippen molar-refractivity contribution in [1.82, 2.24) is 4.98 Å². The molecule has 0 bridgehead atoms. The van der Waals surface area contributed by atoms with Crippen molar-refractivity contribution in [3.05, 3.63) is 42.0 Å². The minimum Gasteiger partial charge on any atom is -0.468 e. The zero-order valence-corrected chi connectivity index (χ0v) is 11.6. The van der Waals surface area contributed by atoms with Gasteiger partial charge in [-0.3, -0.25) is 0 Å². The smallest absolute Gasteiger partial charge is 0.126 e. The van der Waals surface area contributed by atoms with Crippen LogP contribution in [-0.4, -0.2) is 11.5 Å². The van der Waals surface area contributed by atoms with E-state index in [9.17, 15) is 0 Å². The number of hydrogen-bond donors (Lipinski definition) is 1. The van der Waals surface area contributed by atoms with Gasteiger partial charge in [-0.15, -0.1) is 11.8 Å². The van der Waals surface area contributed by atoms with Gasteiger partial charge >= 0.3 is 0 Å². The lowest BCUT2D eigenvalue weighted by atomic mass is 10.3. The van der Waals surface area contributed by atoms with Crippen LogP contribution >= 0.6 is 11.8 Å². The molecular weight excluding hydrogens is 244 g/mol. The van der Waals surface area contributed by atoms with E-state index in [1.165, 1.54) is 10.5 Å². The Labute approximate surface area is 112 Å². The van der Waals surface area contributed by atoms with Crippen LogP contribution in [0.4, 0.5) is 5.82 Å². The molecular formula is C14H18N2OS. The first-order chi connectivity index (χ1) is 8.79. The molecule has 0 saturated heterocycles. The number of nitrogens with zero attached hydrogens (tertiary/aromatic N) is 1. The number of thioether (sulfide) groups is 1. The summed E-state index contributed by atoms with van der Waals surface area (Å²) in [7, 11) is 0. The molecule has 0 saturated carbocycles. The van der Waals surface area contributed by atoms with Gasteiger partial charge in [-0.2, -0.15) is 0 Å². The number of pyridine rings is 1. The van der Waals surface area contributed by atoms with Gasteiger partial charge in [0.05, 0.1) is 6.26 Å². The van der Waals surface area contributed by atoms with Gasteiger partial charge in [-0.05, 0) is 37.1 Å². The van der Waals surface area contributed by atoms with Crippen molar-refractivity contribution >= 4 is 17.6 Å². The maximum Gasteiger partial charge on any atom is 0.126 e. The number of furan rings is 1. The van der Waals surface area contributed by atoms with Crippen molar-refractivity contribution in [1.29, 1.82) is 0 Å². The highest BCUT2D eigenvalue weighted by molar-refractivity contribution is 7.98. The average Bonchev–Trinajstić information content (AvgIpc) is 2.80. The number of hydrogen-bond acceptors (Lipinski definition) is 4. The Morgan fingerprint density at radius 2 is 2.28 bits per heavy atom. The Kier molecular flexibility index (Phi) is 4.70. The number of nitrogens with one attached hydrogen (secondary N) is 1. The first-order valence-corrected chi connectivity index (χ1v) is 7.14. The SMILES string of the molecule is CCCNc1cc(CSc2ccoc2C)ccn1. The third-order valence-electron chi connectivity index (χ3n) is 2.59. The fraction of sp³-hybridized carbons (Fsp3) is 0.357. The summed E-state index contributed by atoms with van der Waals surface area (Å²) in [5, 5.41) is 3.30. The van der Waals surface area contributed by atoms with Crippen molar-refractivity contribution in [3.63, 3.8) is 0 Å². The van der Waals surface area contributed by atoms with Crippen molar-refractivity contribution in [2.75, 3.05) is 11.9 Å². The maximum atomic E-state index is 5.28. The maximum absolute atomic E-state index is 5.28. The second-order valence-electron chi connectivity index (χ2n) is 4.11. The second-order valence-corrected chi connectivity index (χ2v) is 5.12. The topological polar surface area (TPSA) is 38.1 Å². The molecule has 0 aromatic carbocycles. The Balaban J connectivity index is 1.95. The van der Waals surface area contributed by atoms with E-state index in [-0.39, 0.29) is 0 Å². The fourth-order valence-corrected chi connectivity index (χ4v) is 2.50. The van der Waals surface area contributed by atoms with Crippen LogP contribution in [0.1, 0.15) is 24.7 Å². The zero-order valence-electron chi connectivity index (χ0n) is 10.8. The van der Waals surface area contributed by atoms with Crippen LogP contribution < -0.4 is 5.32 Å². The lowest BCUT2D eigenvalue weighted by molar-refractivity contribution is 0.527. The van der Waals surface area contributed by atoms with Gasteiger partial charge in [-0.1, -0.05) is 6.92 Å². The van der Waals surface area contributed by atoms with Crippen LogP contribution in [0.2, 0.25) is 0 Å². The predicted molar refractivity (Wildman–Crippen MR) is 76.0 cm³/mol. The number of aromatic nitrogens is 1. The largest absolute Gasteiger partial charge is 0.468 e. The number of rotatable bonds is 6. The van der Waals surface area contributed by atoms with Crippen LogP contribution in [-0.2, 0) is 5.75 Å². The Bertz CT molecular complexity index is 496. The minimum absolute atomic E-state index is 0.934. The summed E-state index contributed by atoms with van der Waals surface area (Å²) in [4.78, 5) is 5.50. The molecule has 2 aromatic rings. The van der Waals surface area contributed by atoms with Crippen molar-refractivity contribution in [2.45, 2.75) is 30.9 Å². The summed E-state index contributed by atoms with van der Waals surface area (Å²) < 4.78 is 5.28. The van der Waals surface area contributed by atoms with Crippen LogP contribution in [0.25, 0.3) is 0 Å². The number of anilines is 1. The van der Waals surface area contributed by atoms with Crippen LogP contribution in [0.5, 0.6) is 0 Å². The van der Waals surface area contributed by atoms with Crippen molar-refractivity contribution < 1.29 is 4.42 Å². The van der Waals surface area contributed by atoms with E-state index in [0.29, 0.717) is 0 Å².